The van der Waals surface area contributed by atoms with Gasteiger partial charge in [0.15, 0.2) is 0 Å². The van der Waals surface area contributed by atoms with Gasteiger partial charge >= 0.3 is 0 Å². The Kier molecular flexibility index (Phi) is 6.75. The molecule has 2 aromatic carbocycles. The number of halogens is 1. The van der Waals surface area contributed by atoms with Gasteiger partial charge in [-0.15, -0.1) is 0 Å². The maximum atomic E-state index is 13.0. The summed E-state index contributed by atoms with van der Waals surface area (Å²) in [5, 5.41) is 0.689. The Bertz CT molecular complexity index is 911. The first kappa shape index (κ1) is 21.6. The molecule has 0 bridgehead atoms. The van der Waals surface area contributed by atoms with Gasteiger partial charge < -0.3 is 9.47 Å². The first-order valence-electron chi connectivity index (χ1n) is 10.4. The Labute approximate surface area is 187 Å². The van der Waals surface area contributed by atoms with E-state index in [9.17, 15) is 9.59 Å². The molecule has 31 heavy (non-hydrogen) atoms. The number of hydrogen-bond acceptors (Lipinski definition) is 6. The van der Waals surface area contributed by atoms with Gasteiger partial charge in [-0.05, 0) is 48.5 Å². The van der Waals surface area contributed by atoms with Crippen molar-refractivity contribution in [2.24, 2.45) is 0 Å². The van der Waals surface area contributed by atoms with Crippen LogP contribution in [0.15, 0.2) is 48.5 Å². The molecule has 1 atom stereocenters. The Morgan fingerprint density at radius 1 is 0.935 bits per heavy atom. The number of imide groups is 1. The van der Waals surface area contributed by atoms with E-state index < -0.39 is 0 Å². The molecule has 2 aromatic rings. The summed E-state index contributed by atoms with van der Waals surface area (Å²) in [6.45, 7) is 4.58. The second-order valence-corrected chi connectivity index (χ2v) is 8.10. The summed E-state index contributed by atoms with van der Waals surface area (Å²) in [5.41, 5.74) is 0.594. The Balaban J connectivity index is 1.27. The van der Waals surface area contributed by atoms with E-state index in [1.165, 1.54) is 4.90 Å². The van der Waals surface area contributed by atoms with E-state index in [-0.39, 0.29) is 24.3 Å². The highest BCUT2D eigenvalue weighted by molar-refractivity contribution is 6.30. The summed E-state index contributed by atoms with van der Waals surface area (Å²) >= 11 is 5.89. The first-order chi connectivity index (χ1) is 15.0. The molecule has 2 aliphatic heterocycles. The van der Waals surface area contributed by atoms with E-state index in [0.717, 1.165) is 38.5 Å². The quantitative estimate of drug-likeness (QED) is 0.613. The molecule has 2 amide bonds. The highest BCUT2D eigenvalue weighted by Gasteiger charge is 2.43. The summed E-state index contributed by atoms with van der Waals surface area (Å²) in [5.74, 6) is 1.20. The van der Waals surface area contributed by atoms with Crippen molar-refractivity contribution >= 4 is 29.1 Å². The molecular formula is C23H26ClN3O4. The monoisotopic (exact) mass is 443 g/mol. The van der Waals surface area contributed by atoms with Gasteiger partial charge in [0, 0.05) is 37.7 Å². The molecule has 0 radical (unpaired) electrons. The molecule has 0 saturated carbocycles. The molecule has 0 aliphatic carbocycles. The minimum atomic E-state index is -0.387. The summed E-state index contributed by atoms with van der Waals surface area (Å²) < 4.78 is 10.9. The highest BCUT2D eigenvalue weighted by Crippen LogP contribution is 2.27. The third-order valence-corrected chi connectivity index (χ3v) is 6.04. The van der Waals surface area contributed by atoms with Crippen LogP contribution < -0.4 is 14.4 Å². The average molecular weight is 444 g/mol. The Morgan fingerprint density at radius 3 is 2.23 bits per heavy atom. The van der Waals surface area contributed by atoms with Crippen LogP contribution in [0.2, 0.25) is 5.02 Å². The average Bonchev–Trinajstić information content (AvgIpc) is 3.09. The lowest BCUT2D eigenvalue weighted by Gasteiger charge is -2.36. The molecule has 4 rings (SSSR count). The highest BCUT2D eigenvalue weighted by atomic mass is 35.5. The van der Waals surface area contributed by atoms with Gasteiger partial charge in [-0.1, -0.05) is 11.6 Å². The van der Waals surface area contributed by atoms with Crippen molar-refractivity contribution in [2.45, 2.75) is 12.5 Å². The fraction of sp³-hybridized carbons (Fsp3) is 0.391. The summed E-state index contributed by atoms with van der Waals surface area (Å²) in [4.78, 5) is 31.3. The van der Waals surface area contributed by atoms with Gasteiger partial charge in [0.2, 0.25) is 5.91 Å². The number of anilines is 1. The van der Waals surface area contributed by atoms with Gasteiger partial charge in [0.1, 0.15) is 18.1 Å². The number of hydrogen-bond donors (Lipinski definition) is 0. The summed E-state index contributed by atoms with van der Waals surface area (Å²) in [6.07, 6.45) is 0.227. The third-order valence-electron chi connectivity index (χ3n) is 5.79. The maximum absolute atomic E-state index is 13.0. The lowest BCUT2D eigenvalue weighted by Crippen LogP contribution is -2.53. The zero-order valence-corrected chi connectivity index (χ0v) is 18.3. The van der Waals surface area contributed by atoms with E-state index >= 15 is 0 Å². The molecule has 0 N–H and O–H groups in total. The molecule has 164 valence electrons. The van der Waals surface area contributed by atoms with Crippen LogP contribution in [0.1, 0.15) is 6.42 Å². The number of amides is 2. The zero-order valence-electron chi connectivity index (χ0n) is 17.5. The number of rotatable bonds is 7. The molecular weight excluding hydrogens is 418 g/mol. The first-order valence-corrected chi connectivity index (χ1v) is 10.8. The number of ether oxygens (including phenoxy) is 2. The summed E-state index contributed by atoms with van der Waals surface area (Å²) in [7, 11) is 1.58. The second kappa shape index (κ2) is 9.68. The number of piperazine rings is 1. The normalized spacial score (nSPS) is 20.3. The fourth-order valence-electron chi connectivity index (χ4n) is 4.03. The van der Waals surface area contributed by atoms with Crippen molar-refractivity contribution in [1.82, 2.24) is 9.80 Å². The molecule has 2 saturated heterocycles. The van der Waals surface area contributed by atoms with Crippen LogP contribution in [0.5, 0.6) is 11.5 Å². The van der Waals surface area contributed by atoms with Crippen molar-refractivity contribution in [3.05, 3.63) is 53.6 Å². The number of methoxy groups -OCH3 is 1. The van der Waals surface area contributed by atoms with E-state index in [4.69, 9.17) is 21.1 Å². The second-order valence-electron chi connectivity index (χ2n) is 7.67. The molecule has 2 heterocycles. The van der Waals surface area contributed by atoms with E-state index in [2.05, 4.69) is 9.80 Å². The van der Waals surface area contributed by atoms with Gasteiger partial charge in [-0.25, -0.2) is 4.90 Å². The van der Waals surface area contributed by atoms with Crippen LogP contribution in [0.3, 0.4) is 0 Å². The topological polar surface area (TPSA) is 62.3 Å². The lowest BCUT2D eigenvalue weighted by molar-refractivity contribution is -0.123. The van der Waals surface area contributed by atoms with Crippen LogP contribution >= 0.6 is 11.6 Å². The molecule has 7 nitrogen and oxygen atoms in total. The Hall–Kier alpha value is -2.61. The molecule has 0 aromatic heterocycles. The molecule has 2 fully saturated rings. The van der Waals surface area contributed by atoms with Crippen LogP contribution in [0, 0.1) is 0 Å². The van der Waals surface area contributed by atoms with E-state index in [0.29, 0.717) is 23.1 Å². The Morgan fingerprint density at radius 2 is 1.58 bits per heavy atom. The fourth-order valence-corrected chi connectivity index (χ4v) is 4.15. The third kappa shape index (κ3) is 5.01. The number of nitrogens with zero attached hydrogens (tertiary/aromatic N) is 3. The predicted octanol–water partition coefficient (Wildman–Crippen LogP) is 2.68. The molecule has 0 unspecified atom stereocenters. The van der Waals surface area contributed by atoms with Crippen LogP contribution in [0.25, 0.3) is 0 Å². The van der Waals surface area contributed by atoms with Gasteiger partial charge in [-0.3, -0.25) is 19.4 Å². The summed E-state index contributed by atoms with van der Waals surface area (Å²) in [6, 6.07) is 14.0. The minimum Gasteiger partial charge on any atom is -0.497 e. The van der Waals surface area contributed by atoms with Crippen LogP contribution in [-0.4, -0.2) is 74.1 Å². The standard InChI is InChI=1S/C23H26ClN3O4/c1-30-19-8-4-18(5-9-19)27-22(28)16-21(23(27)29)26-12-10-25(11-13-26)14-15-31-20-6-2-17(24)3-7-20/h2-9,21H,10-16H2,1H3/t21-/m1/s1. The van der Waals surface area contributed by atoms with E-state index in [1.54, 1.807) is 31.4 Å². The van der Waals surface area contributed by atoms with Crippen molar-refractivity contribution in [3.63, 3.8) is 0 Å². The largest absolute Gasteiger partial charge is 0.497 e. The van der Waals surface area contributed by atoms with E-state index in [1.807, 2.05) is 24.3 Å². The van der Waals surface area contributed by atoms with Crippen LogP contribution in [0.4, 0.5) is 5.69 Å². The van der Waals surface area contributed by atoms with Crippen LogP contribution in [-0.2, 0) is 9.59 Å². The molecule has 8 heteroatoms. The number of benzene rings is 2. The number of carbonyl (C=O) groups is 2. The van der Waals surface area contributed by atoms with Gasteiger partial charge in [0.25, 0.3) is 5.91 Å². The van der Waals surface area contributed by atoms with Crippen molar-refractivity contribution in [2.75, 3.05) is 51.3 Å². The number of carbonyl (C=O) groups excluding carboxylic acids is 2. The molecule has 2 aliphatic rings. The minimum absolute atomic E-state index is 0.144. The van der Waals surface area contributed by atoms with Crippen molar-refractivity contribution < 1.29 is 19.1 Å². The van der Waals surface area contributed by atoms with Crippen molar-refractivity contribution in [1.29, 1.82) is 0 Å². The van der Waals surface area contributed by atoms with Gasteiger partial charge in [0.05, 0.1) is 25.3 Å². The molecule has 0 spiro atoms. The maximum Gasteiger partial charge on any atom is 0.251 e. The van der Waals surface area contributed by atoms with Crippen molar-refractivity contribution in [3.8, 4) is 11.5 Å². The smallest absolute Gasteiger partial charge is 0.251 e. The lowest BCUT2D eigenvalue weighted by atomic mass is 10.1. The zero-order chi connectivity index (χ0) is 21.8. The van der Waals surface area contributed by atoms with Gasteiger partial charge in [-0.2, -0.15) is 0 Å². The predicted molar refractivity (Wildman–Crippen MR) is 119 cm³/mol. The SMILES string of the molecule is COc1ccc(N2C(=O)C[C@@H](N3CCN(CCOc4ccc(Cl)cc4)CC3)C2=O)cc1.